The third-order valence-electron chi connectivity index (χ3n) is 3.26. The van der Waals surface area contributed by atoms with Crippen LogP contribution >= 0.6 is 11.8 Å². The predicted octanol–water partition coefficient (Wildman–Crippen LogP) is 1.50. The molecule has 104 valence electrons. The molecule has 1 N–H and O–H groups in total. The molecule has 0 aromatic carbocycles. The van der Waals surface area contributed by atoms with E-state index < -0.39 is 0 Å². The molecule has 1 saturated heterocycles. The maximum absolute atomic E-state index is 12.0. The van der Waals surface area contributed by atoms with Crippen LogP contribution in [0.2, 0.25) is 0 Å². The van der Waals surface area contributed by atoms with Gasteiger partial charge in [0.15, 0.2) is 0 Å². The molecule has 2 amide bonds. The van der Waals surface area contributed by atoms with E-state index >= 15 is 0 Å². The van der Waals surface area contributed by atoms with E-state index in [1.165, 1.54) is 0 Å². The number of carbonyl (C=O) groups is 2. The smallest absolute Gasteiger partial charge is 0.243 e. The van der Waals surface area contributed by atoms with E-state index in [4.69, 9.17) is 0 Å². The van der Waals surface area contributed by atoms with Crippen molar-refractivity contribution in [3.63, 3.8) is 0 Å². The first kappa shape index (κ1) is 15.3. The van der Waals surface area contributed by atoms with Crippen LogP contribution in [0.15, 0.2) is 0 Å². The van der Waals surface area contributed by atoms with Gasteiger partial charge in [-0.15, -0.1) is 0 Å². The van der Waals surface area contributed by atoms with Crippen LogP contribution in [0.1, 0.15) is 34.1 Å². The Morgan fingerprint density at radius 2 is 2.06 bits per heavy atom. The Kier molecular flexibility index (Phi) is 5.99. The fourth-order valence-corrected chi connectivity index (χ4v) is 3.12. The molecule has 0 bridgehead atoms. The van der Waals surface area contributed by atoms with Gasteiger partial charge >= 0.3 is 0 Å². The molecule has 1 aliphatic heterocycles. The molecule has 0 aromatic rings. The van der Waals surface area contributed by atoms with Gasteiger partial charge in [-0.3, -0.25) is 9.59 Å². The van der Waals surface area contributed by atoms with Crippen LogP contribution in [0.5, 0.6) is 0 Å². The summed E-state index contributed by atoms with van der Waals surface area (Å²) in [5, 5.41) is 2.68. The Hall–Kier alpha value is -0.710. The molecule has 2 unspecified atom stereocenters. The van der Waals surface area contributed by atoms with E-state index in [0.717, 1.165) is 17.9 Å². The molecule has 1 fully saturated rings. The van der Waals surface area contributed by atoms with Gasteiger partial charge in [-0.25, -0.2) is 0 Å². The lowest BCUT2D eigenvalue weighted by molar-refractivity contribution is -0.149. The molecule has 2 atom stereocenters. The van der Waals surface area contributed by atoms with Gasteiger partial charge in [0.1, 0.15) is 6.04 Å². The molecule has 1 heterocycles. The highest BCUT2D eigenvalue weighted by Gasteiger charge is 2.38. The maximum Gasteiger partial charge on any atom is 0.243 e. The van der Waals surface area contributed by atoms with Gasteiger partial charge in [0.25, 0.3) is 0 Å². The highest BCUT2D eigenvalue weighted by Crippen LogP contribution is 2.20. The van der Waals surface area contributed by atoms with Gasteiger partial charge in [-0.2, -0.15) is 11.8 Å². The summed E-state index contributed by atoms with van der Waals surface area (Å²) in [6.07, 6.45) is 0.945. The molecule has 5 heteroatoms. The molecule has 1 rings (SSSR count). The number of carbonyl (C=O) groups excluding carboxylic acids is 2. The van der Waals surface area contributed by atoms with Crippen molar-refractivity contribution in [3.8, 4) is 0 Å². The van der Waals surface area contributed by atoms with Crippen LogP contribution in [0.3, 0.4) is 0 Å². The zero-order valence-corrected chi connectivity index (χ0v) is 12.5. The number of hydrogen-bond acceptors (Lipinski definition) is 3. The summed E-state index contributed by atoms with van der Waals surface area (Å²) in [5.41, 5.74) is 0. The monoisotopic (exact) mass is 272 g/mol. The standard InChI is InChI=1S/C13H24N2O2S/c1-5-18-7-6-10(4)15-11(16)8-14-13(17)12(15)9(2)3/h9-10,12H,5-8H2,1-4H3,(H,14,17). The lowest BCUT2D eigenvalue weighted by Crippen LogP contribution is -2.62. The van der Waals surface area contributed by atoms with Gasteiger partial charge in [0.2, 0.25) is 11.8 Å². The Balaban J connectivity index is 2.72. The zero-order valence-electron chi connectivity index (χ0n) is 11.7. The van der Waals surface area contributed by atoms with Crippen LogP contribution in [0.25, 0.3) is 0 Å². The molecule has 4 nitrogen and oxygen atoms in total. The van der Waals surface area contributed by atoms with Crippen molar-refractivity contribution in [1.29, 1.82) is 0 Å². The summed E-state index contributed by atoms with van der Waals surface area (Å²) < 4.78 is 0. The Morgan fingerprint density at radius 3 is 2.61 bits per heavy atom. The number of rotatable bonds is 6. The number of piperazine rings is 1. The van der Waals surface area contributed by atoms with E-state index in [9.17, 15) is 9.59 Å². The minimum atomic E-state index is -0.312. The summed E-state index contributed by atoms with van der Waals surface area (Å²) in [6, 6.07) is -0.178. The normalized spacial score (nSPS) is 22.3. The molecule has 1 aliphatic rings. The second-order valence-electron chi connectivity index (χ2n) is 5.04. The van der Waals surface area contributed by atoms with Gasteiger partial charge in [0.05, 0.1) is 6.54 Å². The molecule has 0 spiro atoms. The SMILES string of the molecule is CCSCCC(C)N1C(=O)CNC(=O)C1C(C)C. The van der Waals surface area contributed by atoms with E-state index in [2.05, 4.69) is 12.2 Å². The molecule has 0 aromatic heterocycles. The van der Waals surface area contributed by atoms with E-state index in [-0.39, 0.29) is 36.4 Å². The number of nitrogens with one attached hydrogen (secondary N) is 1. The van der Waals surface area contributed by atoms with Crippen molar-refractivity contribution in [2.75, 3.05) is 18.1 Å². The maximum atomic E-state index is 12.0. The van der Waals surface area contributed by atoms with Crippen LogP contribution in [0, 0.1) is 5.92 Å². The third-order valence-corrected chi connectivity index (χ3v) is 4.19. The largest absolute Gasteiger partial charge is 0.345 e. The lowest BCUT2D eigenvalue weighted by atomic mass is 9.97. The number of nitrogens with zero attached hydrogens (tertiary/aromatic N) is 1. The fourth-order valence-electron chi connectivity index (χ4n) is 2.32. The molecule has 0 saturated carbocycles. The minimum absolute atomic E-state index is 0.0143. The molecule has 18 heavy (non-hydrogen) atoms. The van der Waals surface area contributed by atoms with Crippen LogP contribution < -0.4 is 5.32 Å². The van der Waals surface area contributed by atoms with E-state index in [1.807, 2.05) is 32.5 Å². The molecule has 0 radical (unpaired) electrons. The molecule has 0 aliphatic carbocycles. The minimum Gasteiger partial charge on any atom is -0.345 e. The molecular weight excluding hydrogens is 248 g/mol. The second kappa shape index (κ2) is 7.02. The van der Waals surface area contributed by atoms with Crippen molar-refractivity contribution >= 4 is 23.6 Å². The average Bonchev–Trinajstić information content (AvgIpc) is 2.31. The van der Waals surface area contributed by atoms with Gasteiger partial charge in [-0.1, -0.05) is 20.8 Å². The number of thioether (sulfide) groups is 1. The van der Waals surface area contributed by atoms with Gasteiger partial charge in [-0.05, 0) is 30.8 Å². The van der Waals surface area contributed by atoms with Crippen molar-refractivity contribution in [2.24, 2.45) is 5.92 Å². The summed E-state index contributed by atoms with van der Waals surface area (Å²) in [7, 11) is 0. The predicted molar refractivity (Wildman–Crippen MR) is 75.6 cm³/mol. The Morgan fingerprint density at radius 1 is 1.39 bits per heavy atom. The third kappa shape index (κ3) is 3.64. The van der Waals surface area contributed by atoms with Crippen LogP contribution in [-0.4, -0.2) is 46.8 Å². The summed E-state index contributed by atoms with van der Waals surface area (Å²) in [6.45, 7) is 8.30. The number of hydrogen-bond donors (Lipinski definition) is 1. The van der Waals surface area contributed by atoms with Gasteiger partial charge in [0, 0.05) is 6.04 Å². The summed E-state index contributed by atoms with van der Waals surface area (Å²) in [5.74, 6) is 2.31. The first-order chi connectivity index (χ1) is 8.49. The van der Waals surface area contributed by atoms with Crippen molar-refractivity contribution in [3.05, 3.63) is 0 Å². The van der Waals surface area contributed by atoms with Crippen LogP contribution in [0.4, 0.5) is 0 Å². The van der Waals surface area contributed by atoms with Crippen molar-refractivity contribution in [2.45, 2.75) is 46.2 Å². The van der Waals surface area contributed by atoms with Crippen LogP contribution in [-0.2, 0) is 9.59 Å². The summed E-state index contributed by atoms with van der Waals surface area (Å²) >= 11 is 1.87. The quantitative estimate of drug-likeness (QED) is 0.746. The van der Waals surface area contributed by atoms with E-state index in [0.29, 0.717) is 0 Å². The van der Waals surface area contributed by atoms with Crippen molar-refractivity contribution in [1.82, 2.24) is 10.2 Å². The first-order valence-electron chi connectivity index (χ1n) is 6.65. The van der Waals surface area contributed by atoms with E-state index in [1.54, 1.807) is 4.90 Å². The highest BCUT2D eigenvalue weighted by atomic mass is 32.2. The first-order valence-corrected chi connectivity index (χ1v) is 7.81. The molecular formula is C13H24N2O2S. The zero-order chi connectivity index (χ0) is 13.7. The van der Waals surface area contributed by atoms with Gasteiger partial charge < -0.3 is 10.2 Å². The summed E-state index contributed by atoms with van der Waals surface area (Å²) in [4.78, 5) is 25.7. The Bertz CT molecular complexity index is 307. The van der Waals surface area contributed by atoms with Crippen molar-refractivity contribution < 1.29 is 9.59 Å². The average molecular weight is 272 g/mol. The highest BCUT2D eigenvalue weighted by molar-refractivity contribution is 7.99. The number of amides is 2. The fraction of sp³-hybridized carbons (Fsp3) is 0.846. The second-order valence-corrected chi connectivity index (χ2v) is 6.44. The lowest BCUT2D eigenvalue weighted by Gasteiger charge is -2.41. The Labute approximate surface area is 114 Å². The topological polar surface area (TPSA) is 49.4 Å².